The first-order valence-corrected chi connectivity index (χ1v) is 7.63. The number of nitrogens with one attached hydrogen (secondary N) is 1. The molecule has 1 N–H and O–H groups in total. The molecule has 0 amide bonds. The van der Waals surface area contributed by atoms with Crippen molar-refractivity contribution in [3.8, 4) is 0 Å². The number of thiophene rings is 1. The van der Waals surface area contributed by atoms with E-state index in [0.717, 1.165) is 6.42 Å². The molecule has 0 saturated heterocycles. The van der Waals surface area contributed by atoms with E-state index in [0.29, 0.717) is 6.54 Å². The standard InChI is InChI=1S/C14H14BrF2NS/c1-2-9-3-4-10(19-9)7-18-8-11-13(16)6-5-12(15)14(11)17/h3-6,18H,2,7-8H2,1H3. The van der Waals surface area contributed by atoms with Crippen molar-refractivity contribution in [2.45, 2.75) is 26.4 Å². The molecule has 0 spiro atoms. The largest absolute Gasteiger partial charge is 0.308 e. The molecule has 0 atom stereocenters. The summed E-state index contributed by atoms with van der Waals surface area (Å²) in [4.78, 5) is 2.49. The molecule has 1 nitrogen and oxygen atoms in total. The normalized spacial score (nSPS) is 10.9. The van der Waals surface area contributed by atoms with Crippen LogP contribution in [0.5, 0.6) is 0 Å². The molecular formula is C14H14BrF2NS. The average Bonchev–Trinajstić information content (AvgIpc) is 2.86. The van der Waals surface area contributed by atoms with Crippen LogP contribution in [0.4, 0.5) is 8.78 Å². The zero-order valence-corrected chi connectivity index (χ0v) is 12.9. The van der Waals surface area contributed by atoms with Gasteiger partial charge in [0, 0.05) is 28.4 Å². The molecular weight excluding hydrogens is 332 g/mol. The molecule has 2 rings (SSSR count). The van der Waals surface area contributed by atoms with Crippen LogP contribution >= 0.6 is 27.3 Å². The number of hydrogen-bond acceptors (Lipinski definition) is 2. The van der Waals surface area contributed by atoms with Crippen molar-refractivity contribution in [1.82, 2.24) is 5.32 Å². The SMILES string of the molecule is CCc1ccc(CNCc2c(F)ccc(Br)c2F)s1. The zero-order chi connectivity index (χ0) is 13.8. The highest BCUT2D eigenvalue weighted by molar-refractivity contribution is 9.10. The monoisotopic (exact) mass is 345 g/mol. The van der Waals surface area contributed by atoms with Crippen LogP contribution in [-0.2, 0) is 19.5 Å². The highest BCUT2D eigenvalue weighted by atomic mass is 79.9. The minimum Gasteiger partial charge on any atom is -0.308 e. The van der Waals surface area contributed by atoms with Gasteiger partial charge in [0.1, 0.15) is 11.6 Å². The van der Waals surface area contributed by atoms with Gasteiger partial charge in [0.2, 0.25) is 0 Å². The molecule has 1 heterocycles. The third-order valence-electron chi connectivity index (χ3n) is 2.81. The van der Waals surface area contributed by atoms with Crippen LogP contribution in [-0.4, -0.2) is 0 Å². The van der Waals surface area contributed by atoms with Crippen LogP contribution in [0.2, 0.25) is 0 Å². The van der Waals surface area contributed by atoms with Gasteiger partial charge in [-0.1, -0.05) is 6.92 Å². The summed E-state index contributed by atoms with van der Waals surface area (Å²) in [6, 6.07) is 6.78. The fourth-order valence-corrected chi connectivity index (χ4v) is 3.05. The molecule has 0 unspecified atom stereocenters. The van der Waals surface area contributed by atoms with E-state index in [4.69, 9.17) is 0 Å². The van der Waals surface area contributed by atoms with Crippen LogP contribution in [0.25, 0.3) is 0 Å². The second-order valence-corrected chi connectivity index (χ2v) is 6.25. The lowest BCUT2D eigenvalue weighted by Gasteiger charge is -2.07. The van der Waals surface area contributed by atoms with Gasteiger partial charge in [0.25, 0.3) is 0 Å². The van der Waals surface area contributed by atoms with E-state index < -0.39 is 11.6 Å². The van der Waals surface area contributed by atoms with Crippen LogP contribution in [0.1, 0.15) is 22.2 Å². The summed E-state index contributed by atoms with van der Waals surface area (Å²) in [5.41, 5.74) is 0.0710. The fraction of sp³-hybridized carbons (Fsp3) is 0.286. The maximum absolute atomic E-state index is 13.7. The second kappa shape index (κ2) is 6.59. The molecule has 0 aliphatic rings. The summed E-state index contributed by atoms with van der Waals surface area (Å²) in [5, 5.41) is 3.07. The molecule has 0 saturated carbocycles. The van der Waals surface area contributed by atoms with Gasteiger partial charge in [0.05, 0.1) is 4.47 Å². The van der Waals surface area contributed by atoms with Crippen molar-refractivity contribution in [2.75, 3.05) is 0 Å². The Kier molecular flexibility index (Phi) is 5.07. The summed E-state index contributed by atoms with van der Waals surface area (Å²) in [6.07, 6.45) is 1.01. The van der Waals surface area contributed by atoms with Crippen molar-refractivity contribution in [3.63, 3.8) is 0 Å². The number of hydrogen-bond donors (Lipinski definition) is 1. The van der Waals surface area contributed by atoms with Gasteiger partial charge >= 0.3 is 0 Å². The van der Waals surface area contributed by atoms with Gasteiger partial charge in [0.15, 0.2) is 0 Å². The Bertz CT molecular complexity index is 569. The van der Waals surface area contributed by atoms with E-state index in [9.17, 15) is 8.78 Å². The summed E-state index contributed by atoms with van der Waals surface area (Å²) < 4.78 is 27.5. The summed E-state index contributed by atoms with van der Waals surface area (Å²) >= 11 is 4.78. The minimum absolute atomic E-state index is 0.0710. The van der Waals surface area contributed by atoms with Crippen molar-refractivity contribution in [1.29, 1.82) is 0 Å². The first kappa shape index (κ1) is 14.6. The van der Waals surface area contributed by atoms with E-state index >= 15 is 0 Å². The lowest BCUT2D eigenvalue weighted by atomic mass is 10.2. The number of benzene rings is 1. The topological polar surface area (TPSA) is 12.0 Å². The Balaban J connectivity index is 1.97. The molecule has 0 aliphatic carbocycles. The molecule has 0 aliphatic heterocycles. The van der Waals surface area contributed by atoms with Crippen LogP contribution in [0.15, 0.2) is 28.7 Å². The van der Waals surface area contributed by atoms with Crippen LogP contribution in [0.3, 0.4) is 0 Å². The van der Waals surface area contributed by atoms with Gasteiger partial charge in [-0.05, 0) is 46.6 Å². The van der Waals surface area contributed by atoms with Crippen molar-refractivity contribution < 1.29 is 8.78 Å². The summed E-state index contributed by atoms with van der Waals surface area (Å²) in [6.45, 7) is 2.90. The molecule has 102 valence electrons. The first-order chi connectivity index (χ1) is 9.11. The maximum atomic E-state index is 13.7. The molecule has 2 aromatic rings. The van der Waals surface area contributed by atoms with Crippen molar-refractivity contribution in [2.24, 2.45) is 0 Å². The highest BCUT2D eigenvalue weighted by Gasteiger charge is 2.11. The number of aryl methyl sites for hydroxylation is 1. The van der Waals surface area contributed by atoms with Gasteiger partial charge in [-0.15, -0.1) is 11.3 Å². The van der Waals surface area contributed by atoms with Gasteiger partial charge < -0.3 is 5.32 Å². The van der Waals surface area contributed by atoms with E-state index in [1.165, 1.54) is 21.9 Å². The average molecular weight is 346 g/mol. The van der Waals surface area contributed by atoms with Gasteiger partial charge in [-0.2, -0.15) is 0 Å². The fourth-order valence-electron chi connectivity index (χ4n) is 1.75. The number of halogens is 3. The molecule has 19 heavy (non-hydrogen) atoms. The molecule has 0 radical (unpaired) electrons. The Labute approximate surface area is 123 Å². The zero-order valence-electron chi connectivity index (χ0n) is 10.5. The second-order valence-electron chi connectivity index (χ2n) is 4.15. The molecule has 1 aromatic carbocycles. The lowest BCUT2D eigenvalue weighted by Crippen LogP contribution is -2.14. The van der Waals surface area contributed by atoms with Crippen molar-refractivity contribution >= 4 is 27.3 Å². The van der Waals surface area contributed by atoms with Crippen molar-refractivity contribution in [3.05, 3.63) is 55.7 Å². The van der Waals surface area contributed by atoms with Gasteiger partial charge in [-0.25, -0.2) is 8.78 Å². The summed E-state index contributed by atoms with van der Waals surface area (Å²) in [7, 11) is 0. The van der Waals surface area contributed by atoms with Crippen LogP contribution in [0, 0.1) is 11.6 Å². The smallest absolute Gasteiger partial charge is 0.144 e. The summed E-state index contributed by atoms with van der Waals surface area (Å²) in [5.74, 6) is -1.05. The molecule has 5 heteroatoms. The third kappa shape index (κ3) is 3.61. The molecule has 0 bridgehead atoms. The quantitative estimate of drug-likeness (QED) is 0.778. The van der Waals surface area contributed by atoms with E-state index in [-0.39, 0.29) is 16.6 Å². The molecule has 0 fully saturated rings. The third-order valence-corrected chi connectivity index (χ3v) is 4.65. The predicted octanol–water partition coefficient (Wildman–Crippen LogP) is 4.64. The lowest BCUT2D eigenvalue weighted by molar-refractivity contribution is 0.532. The Hall–Kier alpha value is -0.780. The maximum Gasteiger partial charge on any atom is 0.144 e. The van der Waals surface area contributed by atoms with E-state index in [1.54, 1.807) is 11.3 Å². The predicted molar refractivity (Wildman–Crippen MR) is 78.3 cm³/mol. The highest BCUT2D eigenvalue weighted by Crippen LogP contribution is 2.22. The number of rotatable bonds is 5. The van der Waals surface area contributed by atoms with E-state index in [1.807, 2.05) is 6.07 Å². The Morgan fingerprint density at radius 2 is 1.84 bits per heavy atom. The first-order valence-electron chi connectivity index (χ1n) is 6.02. The Morgan fingerprint density at radius 3 is 2.53 bits per heavy atom. The van der Waals surface area contributed by atoms with E-state index in [2.05, 4.69) is 34.2 Å². The Morgan fingerprint density at radius 1 is 1.11 bits per heavy atom. The van der Waals surface area contributed by atoms with Gasteiger partial charge in [-0.3, -0.25) is 0 Å². The minimum atomic E-state index is -0.534. The van der Waals surface area contributed by atoms with Crippen LogP contribution < -0.4 is 5.32 Å². The molecule has 1 aromatic heterocycles.